The van der Waals surface area contributed by atoms with E-state index in [0.29, 0.717) is 23.8 Å². The van der Waals surface area contributed by atoms with Crippen LogP contribution in [0.15, 0.2) is 18.2 Å². The van der Waals surface area contributed by atoms with Gasteiger partial charge in [-0.15, -0.1) is 0 Å². The van der Waals surface area contributed by atoms with Gasteiger partial charge in [0, 0.05) is 17.7 Å². The minimum absolute atomic E-state index is 0.0437. The van der Waals surface area contributed by atoms with Crippen LogP contribution in [0.2, 0.25) is 0 Å². The molecular formula is C12H17NO4. The first kappa shape index (κ1) is 13.4. The Balaban J connectivity index is 3.00. The first-order chi connectivity index (χ1) is 7.91. The van der Waals surface area contributed by atoms with Gasteiger partial charge >= 0.3 is 0 Å². The van der Waals surface area contributed by atoms with Crippen molar-refractivity contribution in [2.75, 3.05) is 6.61 Å². The highest BCUT2D eigenvalue weighted by Crippen LogP contribution is 2.29. The van der Waals surface area contributed by atoms with Crippen LogP contribution in [0.25, 0.3) is 0 Å². The number of rotatable bonds is 5. The second-order valence-corrected chi connectivity index (χ2v) is 4.36. The zero-order valence-electron chi connectivity index (χ0n) is 10.2. The Morgan fingerprint density at radius 2 is 2.06 bits per heavy atom. The van der Waals surface area contributed by atoms with Crippen LogP contribution in [-0.4, -0.2) is 16.6 Å². The Morgan fingerprint density at radius 1 is 1.41 bits per heavy atom. The van der Waals surface area contributed by atoms with Crippen molar-refractivity contribution in [3.05, 3.63) is 33.9 Å². The summed E-state index contributed by atoms with van der Waals surface area (Å²) >= 11 is 0. The van der Waals surface area contributed by atoms with E-state index in [-0.39, 0.29) is 5.69 Å². The Morgan fingerprint density at radius 3 is 2.53 bits per heavy atom. The van der Waals surface area contributed by atoms with Gasteiger partial charge in [-0.05, 0) is 18.9 Å². The van der Waals surface area contributed by atoms with Gasteiger partial charge < -0.3 is 9.84 Å². The molecule has 0 spiro atoms. The van der Waals surface area contributed by atoms with Crippen LogP contribution in [0, 0.1) is 16.0 Å². The van der Waals surface area contributed by atoms with E-state index in [1.807, 2.05) is 13.8 Å². The first-order valence-corrected chi connectivity index (χ1v) is 5.51. The van der Waals surface area contributed by atoms with Crippen LogP contribution in [0.5, 0.6) is 5.75 Å². The number of non-ortho nitro benzene ring substituents is 1. The number of aliphatic hydroxyl groups excluding tert-OH is 1. The van der Waals surface area contributed by atoms with Crippen LogP contribution < -0.4 is 4.74 Å². The predicted molar refractivity (Wildman–Crippen MR) is 64.1 cm³/mol. The summed E-state index contributed by atoms with van der Waals surface area (Å²) in [4.78, 5) is 10.1. The van der Waals surface area contributed by atoms with Crippen molar-refractivity contribution in [1.29, 1.82) is 0 Å². The topological polar surface area (TPSA) is 72.6 Å². The molecular weight excluding hydrogens is 222 g/mol. The third kappa shape index (κ3) is 3.71. The molecule has 0 bridgehead atoms. The van der Waals surface area contributed by atoms with E-state index in [2.05, 4.69) is 0 Å². The number of ether oxygens (including phenoxy) is 1. The van der Waals surface area contributed by atoms with Gasteiger partial charge in [0.25, 0.3) is 5.69 Å². The van der Waals surface area contributed by atoms with E-state index in [4.69, 9.17) is 4.74 Å². The average molecular weight is 239 g/mol. The molecule has 5 heteroatoms. The van der Waals surface area contributed by atoms with Crippen molar-refractivity contribution in [2.45, 2.75) is 26.9 Å². The molecule has 0 amide bonds. The normalized spacial score (nSPS) is 12.5. The molecule has 0 unspecified atom stereocenters. The molecule has 0 saturated carbocycles. The molecule has 17 heavy (non-hydrogen) atoms. The molecule has 0 heterocycles. The smallest absolute Gasteiger partial charge is 0.270 e. The van der Waals surface area contributed by atoms with E-state index < -0.39 is 11.0 Å². The molecule has 1 aromatic carbocycles. The number of benzene rings is 1. The molecule has 0 aliphatic heterocycles. The summed E-state index contributed by atoms with van der Waals surface area (Å²) in [5, 5.41) is 20.2. The van der Waals surface area contributed by atoms with Gasteiger partial charge in [-0.3, -0.25) is 10.1 Å². The highest BCUT2D eigenvalue weighted by molar-refractivity contribution is 5.44. The summed E-state index contributed by atoms with van der Waals surface area (Å²) in [6.07, 6.45) is -0.794. The fourth-order valence-electron chi connectivity index (χ4n) is 1.36. The van der Waals surface area contributed by atoms with E-state index in [9.17, 15) is 15.2 Å². The van der Waals surface area contributed by atoms with Crippen LogP contribution in [0.3, 0.4) is 0 Å². The lowest BCUT2D eigenvalue weighted by atomic mass is 10.1. The predicted octanol–water partition coefficient (Wildman–Crippen LogP) is 2.68. The number of nitro benzene ring substituents is 1. The third-order valence-electron chi connectivity index (χ3n) is 2.23. The fourth-order valence-corrected chi connectivity index (χ4v) is 1.36. The summed E-state index contributed by atoms with van der Waals surface area (Å²) in [6.45, 7) is 6.08. The highest BCUT2D eigenvalue weighted by atomic mass is 16.6. The van der Waals surface area contributed by atoms with Gasteiger partial charge in [-0.1, -0.05) is 13.8 Å². The molecule has 0 aromatic heterocycles. The summed E-state index contributed by atoms with van der Waals surface area (Å²) in [5.74, 6) is 0.853. The van der Waals surface area contributed by atoms with E-state index in [1.165, 1.54) is 18.2 Å². The number of nitrogens with zero attached hydrogens (tertiary/aromatic N) is 1. The quantitative estimate of drug-likeness (QED) is 0.633. The Labute approximate surface area is 100 Å². The average Bonchev–Trinajstić information content (AvgIpc) is 2.25. The SMILES string of the molecule is CC(C)COc1ccc([N+](=O)[O-])cc1[C@H](C)O. The lowest BCUT2D eigenvalue weighted by molar-refractivity contribution is -0.385. The van der Waals surface area contributed by atoms with Crippen molar-refractivity contribution < 1.29 is 14.8 Å². The fraction of sp³-hybridized carbons (Fsp3) is 0.500. The Kier molecular flexibility index (Phi) is 4.45. The molecule has 1 aromatic rings. The highest BCUT2D eigenvalue weighted by Gasteiger charge is 2.15. The monoisotopic (exact) mass is 239 g/mol. The van der Waals surface area contributed by atoms with Crippen molar-refractivity contribution in [3.63, 3.8) is 0 Å². The second-order valence-electron chi connectivity index (χ2n) is 4.36. The van der Waals surface area contributed by atoms with Gasteiger partial charge in [0.2, 0.25) is 0 Å². The van der Waals surface area contributed by atoms with Gasteiger partial charge in [0.05, 0.1) is 17.6 Å². The third-order valence-corrected chi connectivity index (χ3v) is 2.23. The van der Waals surface area contributed by atoms with Crippen molar-refractivity contribution in [3.8, 4) is 5.75 Å². The van der Waals surface area contributed by atoms with Gasteiger partial charge in [0.15, 0.2) is 0 Å². The van der Waals surface area contributed by atoms with E-state index >= 15 is 0 Å². The molecule has 1 N–H and O–H groups in total. The number of hydrogen-bond acceptors (Lipinski definition) is 4. The molecule has 1 atom stereocenters. The molecule has 1 rings (SSSR count). The maximum atomic E-state index is 10.6. The molecule has 0 saturated heterocycles. The van der Waals surface area contributed by atoms with Gasteiger partial charge in [0.1, 0.15) is 5.75 Å². The van der Waals surface area contributed by atoms with E-state index in [1.54, 1.807) is 6.92 Å². The number of hydrogen-bond donors (Lipinski definition) is 1. The van der Waals surface area contributed by atoms with Crippen LogP contribution in [0.4, 0.5) is 5.69 Å². The largest absolute Gasteiger partial charge is 0.493 e. The second kappa shape index (κ2) is 5.63. The summed E-state index contributed by atoms with van der Waals surface area (Å²) < 4.78 is 5.51. The van der Waals surface area contributed by atoms with Gasteiger partial charge in [-0.2, -0.15) is 0 Å². The molecule has 0 aliphatic rings. The van der Waals surface area contributed by atoms with Gasteiger partial charge in [-0.25, -0.2) is 0 Å². The summed E-state index contributed by atoms with van der Waals surface area (Å²) in [5.41, 5.74) is 0.401. The van der Waals surface area contributed by atoms with Crippen LogP contribution in [-0.2, 0) is 0 Å². The van der Waals surface area contributed by atoms with E-state index in [0.717, 1.165) is 0 Å². The van der Waals surface area contributed by atoms with Crippen molar-refractivity contribution in [1.82, 2.24) is 0 Å². The maximum absolute atomic E-state index is 10.6. The molecule has 0 fully saturated rings. The minimum Gasteiger partial charge on any atom is -0.493 e. The maximum Gasteiger partial charge on any atom is 0.270 e. The summed E-state index contributed by atoms with van der Waals surface area (Å²) in [7, 11) is 0. The molecule has 0 radical (unpaired) electrons. The minimum atomic E-state index is -0.794. The number of nitro groups is 1. The van der Waals surface area contributed by atoms with Crippen molar-refractivity contribution >= 4 is 5.69 Å². The Bertz CT molecular complexity index is 401. The lowest BCUT2D eigenvalue weighted by Gasteiger charge is -2.14. The molecule has 94 valence electrons. The van der Waals surface area contributed by atoms with Crippen LogP contribution >= 0.6 is 0 Å². The first-order valence-electron chi connectivity index (χ1n) is 5.51. The molecule has 5 nitrogen and oxygen atoms in total. The lowest BCUT2D eigenvalue weighted by Crippen LogP contribution is -2.07. The standard InChI is InChI=1S/C12H17NO4/c1-8(2)7-17-12-5-4-10(13(15)16)6-11(12)9(3)14/h4-6,8-9,14H,7H2,1-3H3/t9-/m0/s1. The Hall–Kier alpha value is -1.62. The van der Waals surface area contributed by atoms with Crippen LogP contribution in [0.1, 0.15) is 32.4 Å². The number of aliphatic hydroxyl groups is 1. The zero-order valence-corrected chi connectivity index (χ0v) is 10.2. The zero-order chi connectivity index (χ0) is 13.0. The molecule has 0 aliphatic carbocycles. The van der Waals surface area contributed by atoms with Crippen molar-refractivity contribution in [2.24, 2.45) is 5.92 Å². The summed E-state index contributed by atoms with van der Waals surface area (Å²) in [6, 6.07) is 4.25.